The number of benzene rings is 2. The van der Waals surface area contributed by atoms with Crippen LogP contribution >= 0.6 is 23.1 Å². The Morgan fingerprint density at radius 2 is 1.88 bits per heavy atom. The molecule has 0 fully saturated rings. The van der Waals surface area contributed by atoms with Crippen molar-refractivity contribution in [2.45, 2.75) is 23.9 Å². The lowest BCUT2D eigenvalue weighted by Gasteiger charge is -2.05. The fourth-order valence-corrected chi connectivity index (χ4v) is 3.99. The molecular weight excluding hydrogens is 366 g/mol. The predicted octanol–water partition coefficient (Wildman–Crippen LogP) is 4.98. The molecule has 0 bridgehead atoms. The van der Waals surface area contributed by atoms with E-state index in [9.17, 15) is 4.79 Å². The van der Waals surface area contributed by atoms with E-state index in [1.807, 2.05) is 18.2 Å². The van der Waals surface area contributed by atoms with Crippen LogP contribution in [0, 0.1) is 13.8 Å². The van der Waals surface area contributed by atoms with E-state index >= 15 is 0 Å². The first-order valence-electron chi connectivity index (χ1n) is 8.03. The number of aromatic nitrogens is 2. The first kappa shape index (κ1) is 18.4. The van der Waals surface area contributed by atoms with Crippen molar-refractivity contribution in [1.82, 2.24) is 10.2 Å². The maximum absolute atomic E-state index is 11.4. The fraction of sp³-hybridized carbons (Fsp3) is 0.211. The molecule has 1 heterocycles. The van der Waals surface area contributed by atoms with Crippen LogP contribution in [-0.4, -0.2) is 23.3 Å². The van der Waals surface area contributed by atoms with Gasteiger partial charge in [0.1, 0.15) is 0 Å². The zero-order chi connectivity index (χ0) is 18.5. The number of carbonyl (C=O) groups is 1. The normalized spacial score (nSPS) is 10.6. The number of thioether (sulfide) groups is 1. The summed E-state index contributed by atoms with van der Waals surface area (Å²) in [5, 5.41) is 12.5. The number of carbonyl (C=O) groups excluding carboxylic acids is 1. The molecule has 2 aromatic carbocycles. The minimum Gasteiger partial charge on any atom is -0.465 e. The Morgan fingerprint density at radius 1 is 1.12 bits per heavy atom. The number of rotatable bonds is 6. The lowest BCUT2D eigenvalue weighted by Crippen LogP contribution is -2.00. The summed E-state index contributed by atoms with van der Waals surface area (Å²) in [6, 6.07) is 13.6. The van der Waals surface area contributed by atoms with Gasteiger partial charge in [-0.2, -0.15) is 0 Å². The highest BCUT2D eigenvalue weighted by Gasteiger charge is 2.08. The zero-order valence-corrected chi connectivity index (χ0v) is 16.4. The molecule has 0 aliphatic carbocycles. The Balaban J connectivity index is 1.58. The number of nitrogens with one attached hydrogen (secondary N) is 1. The van der Waals surface area contributed by atoms with Crippen molar-refractivity contribution in [2.24, 2.45) is 0 Å². The number of nitrogens with zero attached hydrogens (tertiary/aromatic N) is 2. The van der Waals surface area contributed by atoms with E-state index in [4.69, 9.17) is 4.74 Å². The number of hydrogen-bond donors (Lipinski definition) is 1. The highest BCUT2D eigenvalue weighted by atomic mass is 32.2. The molecule has 5 nitrogen and oxygen atoms in total. The summed E-state index contributed by atoms with van der Waals surface area (Å²) >= 11 is 3.14. The van der Waals surface area contributed by atoms with Crippen LogP contribution in [0.1, 0.15) is 27.0 Å². The SMILES string of the molecule is COC(=O)c1ccc(CSc2nnc(Nc3ccc(C)c(C)c3)s2)cc1. The lowest BCUT2D eigenvalue weighted by molar-refractivity contribution is 0.0600. The minimum absolute atomic E-state index is 0.324. The van der Waals surface area contributed by atoms with E-state index in [1.165, 1.54) is 29.6 Å². The number of hydrogen-bond acceptors (Lipinski definition) is 7. The molecule has 0 spiro atoms. The van der Waals surface area contributed by atoms with Crippen LogP contribution in [0.5, 0.6) is 0 Å². The largest absolute Gasteiger partial charge is 0.465 e. The van der Waals surface area contributed by atoms with Gasteiger partial charge in [0.05, 0.1) is 12.7 Å². The molecule has 0 saturated heterocycles. The van der Waals surface area contributed by atoms with Gasteiger partial charge >= 0.3 is 5.97 Å². The molecule has 0 amide bonds. The average Bonchev–Trinajstić information content (AvgIpc) is 3.10. The van der Waals surface area contributed by atoms with Gasteiger partial charge in [-0.15, -0.1) is 10.2 Å². The van der Waals surface area contributed by atoms with E-state index in [-0.39, 0.29) is 5.97 Å². The molecule has 26 heavy (non-hydrogen) atoms. The van der Waals surface area contributed by atoms with Gasteiger partial charge in [0.2, 0.25) is 5.13 Å². The van der Waals surface area contributed by atoms with E-state index in [0.29, 0.717) is 5.56 Å². The zero-order valence-electron chi connectivity index (χ0n) is 14.8. The molecule has 3 rings (SSSR count). The van der Waals surface area contributed by atoms with Crippen molar-refractivity contribution in [3.63, 3.8) is 0 Å². The standard InChI is InChI=1S/C19H19N3O2S2/c1-12-4-9-16(10-13(12)2)20-18-21-22-19(26-18)25-11-14-5-7-15(8-6-14)17(23)24-3/h4-10H,11H2,1-3H3,(H,20,21). The Kier molecular flexibility index (Phi) is 5.90. The molecule has 0 saturated carbocycles. The second-order valence-electron chi connectivity index (χ2n) is 5.77. The first-order valence-corrected chi connectivity index (χ1v) is 9.83. The molecule has 0 unspecified atom stereocenters. The highest BCUT2D eigenvalue weighted by Crippen LogP contribution is 2.30. The third-order valence-corrected chi connectivity index (χ3v) is 5.95. The average molecular weight is 386 g/mol. The molecular formula is C19H19N3O2S2. The van der Waals surface area contributed by atoms with Crippen molar-refractivity contribution in [3.05, 3.63) is 64.7 Å². The molecule has 0 atom stereocenters. The molecule has 1 aromatic heterocycles. The smallest absolute Gasteiger partial charge is 0.337 e. The molecule has 0 aliphatic heterocycles. The molecule has 0 radical (unpaired) electrons. The van der Waals surface area contributed by atoms with Crippen LogP contribution in [0.25, 0.3) is 0 Å². The van der Waals surface area contributed by atoms with E-state index in [0.717, 1.165) is 26.5 Å². The van der Waals surface area contributed by atoms with Crippen molar-refractivity contribution in [1.29, 1.82) is 0 Å². The van der Waals surface area contributed by atoms with Crippen molar-refractivity contribution >= 4 is 39.9 Å². The molecule has 1 N–H and O–H groups in total. The third kappa shape index (κ3) is 4.62. The van der Waals surface area contributed by atoms with Gasteiger partial charge in [-0.3, -0.25) is 0 Å². The van der Waals surface area contributed by atoms with Crippen molar-refractivity contribution in [3.8, 4) is 0 Å². The summed E-state index contributed by atoms with van der Waals surface area (Å²) in [5.41, 5.74) is 5.18. The second kappa shape index (κ2) is 8.33. The van der Waals surface area contributed by atoms with Crippen molar-refractivity contribution < 1.29 is 9.53 Å². The van der Waals surface area contributed by atoms with Crippen LogP contribution in [-0.2, 0) is 10.5 Å². The van der Waals surface area contributed by atoms with Crippen LogP contribution < -0.4 is 5.32 Å². The van der Waals surface area contributed by atoms with Gasteiger partial charge in [0, 0.05) is 11.4 Å². The monoisotopic (exact) mass is 385 g/mol. The summed E-state index contributed by atoms with van der Waals surface area (Å²) in [6.07, 6.45) is 0. The number of ether oxygens (including phenoxy) is 1. The molecule has 134 valence electrons. The lowest BCUT2D eigenvalue weighted by atomic mass is 10.1. The minimum atomic E-state index is -0.324. The van der Waals surface area contributed by atoms with Gasteiger partial charge in [0.25, 0.3) is 0 Å². The number of methoxy groups -OCH3 is 1. The van der Waals surface area contributed by atoms with E-state index in [2.05, 4.69) is 41.5 Å². The first-order chi connectivity index (χ1) is 12.5. The number of esters is 1. The molecule has 0 aliphatic rings. The summed E-state index contributed by atoms with van der Waals surface area (Å²) in [7, 11) is 1.38. The fourth-order valence-electron chi connectivity index (χ4n) is 2.26. The van der Waals surface area contributed by atoms with Crippen LogP contribution in [0.4, 0.5) is 10.8 Å². The van der Waals surface area contributed by atoms with Gasteiger partial charge < -0.3 is 10.1 Å². The van der Waals surface area contributed by atoms with Gasteiger partial charge in [0.15, 0.2) is 4.34 Å². The quantitative estimate of drug-likeness (QED) is 0.477. The van der Waals surface area contributed by atoms with Crippen LogP contribution in [0.3, 0.4) is 0 Å². The summed E-state index contributed by atoms with van der Waals surface area (Å²) < 4.78 is 5.60. The van der Waals surface area contributed by atoms with Gasteiger partial charge in [-0.25, -0.2) is 4.79 Å². The Bertz CT molecular complexity index is 907. The van der Waals surface area contributed by atoms with Gasteiger partial charge in [-0.05, 0) is 54.8 Å². The van der Waals surface area contributed by atoms with Crippen LogP contribution in [0.2, 0.25) is 0 Å². The Labute approximate surface area is 160 Å². The van der Waals surface area contributed by atoms with Crippen LogP contribution in [0.15, 0.2) is 46.8 Å². The maximum Gasteiger partial charge on any atom is 0.337 e. The number of anilines is 2. The summed E-state index contributed by atoms with van der Waals surface area (Å²) in [6.45, 7) is 4.18. The molecule has 7 heteroatoms. The van der Waals surface area contributed by atoms with Crippen molar-refractivity contribution in [2.75, 3.05) is 12.4 Å². The van der Waals surface area contributed by atoms with E-state index < -0.39 is 0 Å². The third-order valence-electron chi connectivity index (χ3n) is 3.90. The van der Waals surface area contributed by atoms with E-state index in [1.54, 1.807) is 23.9 Å². The van der Waals surface area contributed by atoms with Gasteiger partial charge in [-0.1, -0.05) is 41.3 Å². The topological polar surface area (TPSA) is 64.1 Å². The summed E-state index contributed by atoms with van der Waals surface area (Å²) in [4.78, 5) is 11.4. The summed E-state index contributed by atoms with van der Waals surface area (Å²) in [5.74, 6) is 0.440. The Hall–Kier alpha value is -2.38. The number of aryl methyl sites for hydroxylation is 2. The second-order valence-corrected chi connectivity index (χ2v) is 7.97. The molecule has 3 aromatic rings. The maximum atomic E-state index is 11.4. The predicted molar refractivity (Wildman–Crippen MR) is 106 cm³/mol. The highest BCUT2D eigenvalue weighted by molar-refractivity contribution is 8.00. The Morgan fingerprint density at radius 3 is 2.58 bits per heavy atom.